The fourth-order valence-electron chi connectivity index (χ4n) is 8.59. The number of ether oxygens (including phenoxy) is 3. The van der Waals surface area contributed by atoms with Gasteiger partial charge in [0.15, 0.2) is 6.10 Å². The van der Waals surface area contributed by atoms with Gasteiger partial charge in [-0.25, -0.2) is 4.57 Å². The van der Waals surface area contributed by atoms with Gasteiger partial charge >= 0.3 is 25.7 Å². The summed E-state index contributed by atoms with van der Waals surface area (Å²) in [6.45, 7) is 4.46. The van der Waals surface area contributed by atoms with E-state index in [-0.39, 0.29) is 25.9 Å². The summed E-state index contributed by atoms with van der Waals surface area (Å²) >= 11 is 0. The summed E-state index contributed by atoms with van der Waals surface area (Å²) in [5.74, 6) is -1.54. The SMILES string of the molecule is CC/C=C\C/C=C\C/C=C\C/C=C\C/C=C\CCCC(=O)OC(COC(=O)CCCCCCCCCCC/C=C\C/C=C\CCCCC)COP(=O)(O)OCC(CO)OC(=O)CCCCCCCCC/C=C\CCCCCCCC. The van der Waals surface area contributed by atoms with Crippen LogP contribution >= 0.6 is 7.82 Å². The second kappa shape index (κ2) is 61.5. The van der Waals surface area contributed by atoms with Crippen LogP contribution in [0.25, 0.3) is 0 Å². The number of hydrogen-bond donors (Lipinski definition) is 2. The molecule has 0 aromatic rings. The molecular formula is C68H117O11P. The number of rotatable bonds is 59. The Balaban J connectivity index is 4.77. The number of phosphoric acid groups is 1. The molecule has 80 heavy (non-hydrogen) atoms. The lowest BCUT2D eigenvalue weighted by atomic mass is 10.1. The highest BCUT2D eigenvalue weighted by molar-refractivity contribution is 7.47. The monoisotopic (exact) mass is 1140 g/mol. The minimum Gasteiger partial charge on any atom is -0.462 e. The van der Waals surface area contributed by atoms with Crippen LogP contribution in [0.2, 0.25) is 0 Å². The van der Waals surface area contributed by atoms with Gasteiger partial charge < -0.3 is 24.2 Å². The maximum absolute atomic E-state index is 13.0. The molecule has 0 saturated carbocycles. The van der Waals surface area contributed by atoms with E-state index in [2.05, 4.69) is 106 Å². The average molecular weight is 1140 g/mol. The molecule has 0 amide bonds. The first-order valence-electron chi connectivity index (χ1n) is 32.1. The first-order valence-corrected chi connectivity index (χ1v) is 33.6. The highest BCUT2D eigenvalue weighted by atomic mass is 31.2. The van der Waals surface area contributed by atoms with Crippen LogP contribution in [-0.2, 0) is 42.2 Å². The molecule has 2 N–H and O–H groups in total. The Morgan fingerprint density at radius 1 is 0.362 bits per heavy atom. The highest BCUT2D eigenvalue weighted by Crippen LogP contribution is 2.43. The third-order valence-corrected chi connectivity index (χ3v) is 14.4. The molecule has 0 heterocycles. The molecule has 11 nitrogen and oxygen atoms in total. The van der Waals surface area contributed by atoms with Crippen molar-refractivity contribution in [3.8, 4) is 0 Å². The zero-order valence-electron chi connectivity index (χ0n) is 51.0. The second-order valence-electron chi connectivity index (χ2n) is 21.2. The summed E-state index contributed by atoms with van der Waals surface area (Å²) in [6.07, 6.45) is 73.6. The van der Waals surface area contributed by atoms with Crippen LogP contribution in [-0.4, -0.2) is 66.5 Å². The van der Waals surface area contributed by atoms with Crippen molar-refractivity contribution in [2.45, 2.75) is 290 Å². The lowest BCUT2D eigenvalue weighted by molar-refractivity contribution is -0.161. The van der Waals surface area contributed by atoms with E-state index in [1.165, 1.54) is 122 Å². The molecule has 0 bridgehead atoms. The van der Waals surface area contributed by atoms with Crippen molar-refractivity contribution in [2.24, 2.45) is 0 Å². The first-order chi connectivity index (χ1) is 39.2. The third kappa shape index (κ3) is 59.0. The van der Waals surface area contributed by atoms with Gasteiger partial charge in [-0.15, -0.1) is 0 Å². The van der Waals surface area contributed by atoms with Crippen LogP contribution in [0.5, 0.6) is 0 Å². The second-order valence-corrected chi connectivity index (χ2v) is 22.6. The quantitative estimate of drug-likeness (QED) is 0.0197. The maximum atomic E-state index is 13.0. The summed E-state index contributed by atoms with van der Waals surface area (Å²) in [4.78, 5) is 48.7. The molecule has 0 fully saturated rings. The van der Waals surface area contributed by atoms with Gasteiger partial charge in [0.2, 0.25) is 0 Å². The predicted molar refractivity (Wildman–Crippen MR) is 334 cm³/mol. The molecule has 0 aliphatic heterocycles. The van der Waals surface area contributed by atoms with E-state index < -0.39 is 57.8 Å². The van der Waals surface area contributed by atoms with Crippen LogP contribution in [0.1, 0.15) is 278 Å². The van der Waals surface area contributed by atoms with Crippen LogP contribution in [0.3, 0.4) is 0 Å². The Kier molecular flexibility index (Phi) is 58.7. The zero-order chi connectivity index (χ0) is 58.3. The Morgan fingerprint density at radius 3 is 1.09 bits per heavy atom. The van der Waals surface area contributed by atoms with Crippen LogP contribution in [0.15, 0.2) is 97.2 Å². The van der Waals surface area contributed by atoms with Crippen molar-refractivity contribution in [2.75, 3.05) is 26.4 Å². The van der Waals surface area contributed by atoms with E-state index in [0.717, 1.165) is 89.9 Å². The Morgan fingerprint density at radius 2 is 0.662 bits per heavy atom. The molecule has 0 rings (SSSR count). The van der Waals surface area contributed by atoms with E-state index >= 15 is 0 Å². The Bertz CT molecular complexity index is 1710. The third-order valence-electron chi connectivity index (χ3n) is 13.5. The number of unbranched alkanes of at least 4 members (excludes halogenated alkanes) is 26. The number of aliphatic hydroxyl groups excluding tert-OH is 1. The number of phosphoric ester groups is 1. The first kappa shape index (κ1) is 76.4. The minimum atomic E-state index is -4.77. The molecule has 0 aliphatic rings. The van der Waals surface area contributed by atoms with E-state index in [1.54, 1.807) is 0 Å². The summed E-state index contributed by atoms with van der Waals surface area (Å²) in [5.41, 5.74) is 0. The van der Waals surface area contributed by atoms with Crippen molar-refractivity contribution in [1.29, 1.82) is 0 Å². The van der Waals surface area contributed by atoms with Gasteiger partial charge in [0, 0.05) is 19.3 Å². The average Bonchev–Trinajstić information content (AvgIpc) is 3.45. The summed E-state index contributed by atoms with van der Waals surface area (Å²) in [5, 5.41) is 9.85. The summed E-state index contributed by atoms with van der Waals surface area (Å²) in [7, 11) is -4.77. The number of hydrogen-bond acceptors (Lipinski definition) is 10. The van der Waals surface area contributed by atoms with Gasteiger partial charge in [-0.1, -0.05) is 240 Å². The minimum absolute atomic E-state index is 0.0851. The Labute approximate surface area is 489 Å². The van der Waals surface area contributed by atoms with Crippen LogP contribution in [0, 0.1) is 0 Å². The van der Waals surface area contributed by atoms with Gasteiger partial charge in [0.25, 0.3) is 0 Å². The van der Waals surface area contributed by atoms with E-state index in [1.807, 2.05) is 12.2 Å². The van der Waals surface area contributed by atoms with Crippen molar-refractivity contribution in [1.82, 2.24) is 0 Å². The van der Waals surface area contributed by atoms with Crippen molar-refractivity contribution in [3.05, 3.63) is 97.2 Å². The Hall–Kier alpha value is -3.60. The molecule has 3 atom stereocenters. The standard InChI is InChI=1S/C68H117O11P/c1-4-7-10-13-16-19-22-25-28-31-32-35-36-39-42-45-48-51-54-57-66(70)75-61-65(79-68(72)59-56-53-50-47-44-41-38-34-30-27-24-21-18-15-12-9-6-3)63-77-80(73,74)76-62-64(60-69)78-67(71)58-55-52-49-46-43-40-37-33-29-26-23-20-17-14-11-8-5-2/h9,12,16,18-19,21,25-30,38,41,47,50,64-65,69H,4-8,10-11,13-15,17,20,22-24,31-37,39-40,42-46,48-49,51-63H2,1-3H3,(H,73,74)/b12-9-,19-16-,21-18-,28-25-,29-26-,30-27-,41-38-,50-47-. The van der Waals surface area contributed by atoms with Crippen LogP contribution in [0.4, 0.5) is 0 Å². The molecule has 12 heteroatoms. The highest BCUT2D eigenvalue weighted by Gasteiger charge is 2.28. The van der Waals surface area contributed by atoms with Gasteiger partial charge in [-0.05, 0) is 116 Å². The normalized spacial score (nSPS) is 13.9. The zero-order valence-corrected chi connectivity index (χ0v) is 51.9. The molecule has 3 unspecified atom stereocenters. The molecule has 460 valence electrons. The fourth-order valence-corrected chi connectivity index (χ4v) is 9.38. The molecule has 0 aromatic carbocycles. The van der Waals surface area contributed by atoms with Crippen molar-refractivity contribution in [3.63, 3.8) is 0 Å². The van der Waals surface area contributed by atoms with E-state index in [4.69, 9.17) is 23.3 Å². The molecule has 0 radical (unpaired) electrons. The molecule has 0 aromatic heterocycles. The number of allylic oxidation sites excluding steroid dienone is 16. The largest absolute Gasteiger partial charge is 0.472 e. The predicted octanol–water partition coefficient (Wildman–Crippen LogP) is 19.6. The summed E-state index contributed by atoms with van der Waals surface area (Å²) < 4.78 is 39.6. The van der Waals surface area contributed by atoms with Gasteiger partial charge in [-0.2, -0.15) is 0 Å². The topological polar surface area (TPSA) is 155 Å². The van der Waals surface area contributed by atoms with Crippen molar-refractivity contribution < 1.29 is 52.2 Å². The van der Waals surface area contributed by atoms with Crippen LogP contribution < -0.4 is 0 Å². The van der Waals surface area contributed by atoms with Gasteiger partial charge in [0.1, 0.15) is 12.7 Å². The fraction of sp³-hybridized carbons (Fsp3) is 0.721. The number of carbonyl (C=O) groups excluding carboxylic acids is 3. The van der Waals surface area contributed by atoms with Crippen molar-refractivity contribution >= 4 is 25.7 Å². The summed E-state index contributed by atoms with van der Waals surface area (Å²) in [6, 6.07) is 0. The smallest absolute Gasteiger partial charge is 0.462 e. The lowest BCUT2D eigenvalue weighted by Crippen LogP contribution is -2.30. The number of carbonyl (C=O) groups is 3. The molecule has 0 saturated heterocycles. The van der Waals surface area contributed by atoms with Gasteiger partial charge in [-0.3, -0.25) is 23.4 Å². The number of aliphatic hydroxyl groups is 1. The maximum Gasteiger partial charge on any atom is 0.472 e. The van der Waals surface area contributed by atoms with Gasteiger partial charge in [0.05, 0.1) is 19.8 Å². The molecule has 0 aliphatic carbocycles. The van der Waals surface area contributed by atoms with E-state index in [0.29, 0.717) is 25.7 Å². The van der Waals surface area contributed by atoms with E-state index in [9.17, 15) is 28.9 Å². The molecular weight excluding hydrogens is 1020 g/mol. The molecule has 0 spiro atoms. The lowest BCUT2D eigenvalue weighted by Gasteiger charge is -2.21. The number of esters is 3.